The van der Waals surface area contributed by atoms with Gasteiger partial charge in [0.05, 0.1) is 31.1 Å². The van der Waals surface area contributed by atoms with E-state index >= 15 is 0 Å². The molecule has 0 saturated heterocycles. The number of hydrogen-bond acceptors (Lipinski definition) is 10. The quantitative estimate of drug-likeness (QED) is 0.0903. The van der Waals surface area contributed by atoms with Crippen molar-refractivity contribution >= 4 is 63.7 Å². The lowest BCUT2D eigenvalue weighted by molar-refractivity contribution is -0.182. The van der Waals surface area contributed by atoms with E-state index in [0.29, 0.717) is 37.4 Å². The number of benzene rings is 2. The summed E-state index contributed by atoms with van der Waals surface area (Å²) in [7, 11) is 0. The predicted octanol–water partition coefficient (Wildman–Crippen LogP) is 3.98. The van der Waals surface area contributed by atoms with Crippen LogP contribution in [0.25, 0.3) is 11.2 Å². The maximum atomic E-state index is 12.2. The van der Waals surface area contributed by atoms with E-state index in [1.54, 1.807) is 53.1 Å². The standard InChI is InChI=1S/C28H27Cl3N6O6/c1-15(38)43-12-23(40)37(42)20-10-21(22(39)11-20)36-14-33-24-25(34-27(31)35-26(24)36)32-13-28(41,16-2-6-18(29)7-3-16)17-4-8-19(30)9-5-17/h2-9,14,20-22,39,41-42H,10-13H2,1H3,(H,32,34,35)/t20?,21-,22+/m1/s1. The van der Waals surface area contributed by atoms with Gasteiger partial charge in [0.25, 0.3) is 5.91 Å². The van der Waals surface area contributed by atoms with Crippen LogP contribution in [0.1, 0.15) is 36.9 Å². The first-order valence-electron chi connectivity index (χ1n) is 13.2. The molecule has 2 heterocycles. The SMILES string of the molecule is CC(=O)OCC(=O)N(O)C1C[C@@H](n2cnc3c(NCC(O)(c4ccc(Cl)cc4)c4ccc(Cl)cc4)nc(Cl)nc32)[C@@H](O)C1. The average molecular weight is 650 g/mol. The highest BCUT2D eigenvalue weighted by Gasteiger charge is 2.40. The molecule has 226 valence electrons. The molecule has 43 heavy (non-hydrogen) atoms. The molecule has 4 aromatic rings. The van der Waals surface area contributed by atoms with Crippen LogP contribution in [0.2, 0.25) is 15.3 Å². The maximum absolute atomic E-state index is 12.2. The molecule has 1 unspecified atom stereocenters. The van der Waals surface area contributed by atoms with Gasteiger partial charge < -0.3 is 24.8 Å². The molecule has 12 nitrogen and oxygen atoms in total. The first kappa shape index (κ1) is 30.9. The molecule has 15 heteroatoms. The Morgan fingerprint density at radius 3 is 2.23 bits per heavy atom. The molecule has 0 radical (unpaired) electrons. The molecule has 4 N–H and O–H groups in total. The second-order valence-electron chi connectivity index (χ2n) is 10.2. The number of imidazole rings is 1. The number of hydrogen-bond donors (Lipinski definition) is 4. The number of fused-ring (bicyclic) bond motifs is 1. The van der Waals surface area contributed by atoms with Crippen LogP contribution in [0.5, 0.6) is 0 Å². The Morgan fingerprint density at radius 2 is 1.65 bits per heavy atom. The third kappa shape index (κ3) is 6.54. The minimum absolute atomic E-state index is 0.0520. The summed E-state index contributed by atoms with van der Waals surface area (Å²) < 4.78 is 6.28. The summed E-state index contributed by atoms with van der Waals surface area (Å²) in [5, 5.41) is 37.8. The van der Waals surface area contributed by atoms with E-state index < -0.39 is 42.3 Å². The van der Waals surface area contributed by atoms with Crippen molar-refractivity contribution in [1.29, 1.82) is 0 Å². The van der Waals surface area contributed by atoms with Gasteiger partial charge in [0.1, 0.15) is 5.60 Å². The Labute approximate surface area is 260 Å². The molecule has 3 atom stereocenters. The van der Waals surface area contributed by atoms with Gasteiger partial charge in [0, 0.05) is 17.0 Å². The van der Waals surface area contributed by atoms with Crippen molar-refractivity contribution in [3.8, 4) is 0 Å². The van der Waals surface area contributed by atoms with E-state index in [0.717, 1.165) is 6.92 Å². The number of carbonyl (C=O) groups excluding carboxylic acids is 2. The third-order valence-corrected chi connectivity index (χ3v) is 8.05. The zero-order valence-electron chi connectivity index (χ0n) is 22.7. The Hall–Kier alpha value is -3.52. The lowest BCUT2D eigenvalue weighted by Crippen LogP contribution is -2.39. The number of esters is 1. The minimum atomic E-state index is -1.54. The first-order chi connectivity index (χ1) is 20.5. The zero-order valence-corrected chi connectivity index (χ0v) is 25.0. The summed E-state index contributed by atoms with van der Waals surface area (Å²) in [6.07, 6.45) is 0.714. The normalized spacial score (nSPS) is 18.5. The molecule has 0 bridgehead atoms. The number of ether oxygens (including phenoxy) is 1. The molecule has 1 aliphatic rings. The van der Waals surface area contributed by atoms with Crippen LogP contribution in [0.3, 0.4) is 0 Å². The number of anilines is 1. The summed E-state index contributed by atoms with van der Waals surface area (Å²) >= 11 is 18.5. The van der Waals surface area contributed by atoms with Crippen molar-refractivity contribution in [1.82, 2.24) is 24.6 Å². The zero-order chi connectivity index (χ0) is 30.9. The number of hydroxylamine groups is 2. The van der Waals surface area contributed by atoms with Crippen molar-refractivity contribution in [2.45, 2.75) is 43.6 Å². The lowest BCUT2D eigenvalue weighted by Gasteiger charge is -2.30. The van der Waals surface area contributed by atoms with Crippen molar-refractivity contribution in [2.24, 2.45) is 0 Å². The fourth-order valence-electron chi connectivity index (χ4n) is 5.19. The van der Waals surface area contributed by atoms with Crippen LogP contribution in [0.15, 0.2) is 54.9 Å². The number of nitrogens with zero attached hydrogens (tertiary/aromatic N) is 5. The number of nitrogens with one attached hydrogen (secondary N) is 1. The van der Waals surface area contributed by atoms with Crippen LogP contribution in [0.4, 0.5) is 5.82 Å². The molecular weight excluding hydrogens is 623 g/mol. The van der Waals surface area contributed by atoms with Gasteiger partial charge in [-0.1, -0.05) is 47.5 Å². The lowest BCUT2D eigenvalue weighted by atomic mass is 9.86. The van der Waals surface area contributed by atoms with E-state index in [1.807, 2.05) is 0 Å². The largest absolute Gasteiger partial charge is 0.456 e. The number of rotatable bonds is 9. The van der Waals surface area contributed by atoms with Gasteiger partial charge in [0.2, 0.25) is 5.28 Å². The van der Waals surface area contributed by atoms with Crippen molar-refractivity contribution < 1.29 is 29.7 Å². The average Bonchev–Trinajstić information content (AvgIpc) is 3.57. The van der Waals surface area contributed by atoms with Gasteiger partial charge in [-0.3, -0.25) is 14.8 Å². The second kappa shape index (κ2) is 12.6. The van der Waals surface area contributed by atoms with Crippen LogP contribution in [-0.2, 0) is 19.9 Å². The van der Waals surface area contributed by atoms with Crippen molar-refractivity contribution in [3.63, 3.8) is 0 Å². The van der Waals surface area contributed by atoms with Gasteiger partial charge in [-0.15, -0.1) is 0 Å². The van der Waals surface area contributed by atoms with E-state index in [4.69, 9.17) is 34.8 Å². The Bertz CT molecular complexity index is 1590. The third-order valence-electron chi connectivity index (χ3n) is 7.38. The smallest absolute Gasteiger partial charge is 0.303 e. The van der Waals surface area contributed by atoms with Crippen LogP contribution in [0, 0.1) is 0 Å². The van der Waals surface area contributed by atoms with Crippen LogP contribution < -0.4 is 5.32 Å². The fourth-order valence-corrected chi connectivity index (χ4v) is 5.61. The second-order valence-corrected chi connectivity index (χ2v) is 11.4. The number of aromatic nitrogens is 4. The Kier molecular flexibility index (Phi) is 9.07. The molecule has 0 spiro atoms. The van der Waals surface area contributed by atoms with Gasteiger partial charge in [-0.05, 0) is 59.8 Å². The summed E-state index contributed by atoms with van der Waals surface area (Å²) in [5.74, 6) is -1.23. The topological polar surface area (TPSA) is 163 Å². The van der Waals surface area contributed by atoms with Crippen molar-refractivity contribution in [3.05, 3.63) is 81.3 Å². The monoisotopic (exact) mass is 648 g/mol. The van der Waals surface area contributed by atoms with Gasteiger partial charge >= 0.3 is 5.97 Å². The minimum Gasteiger partial charge on any atom is -0.456 e. The number of carbonyl (C=O) groups is 2. The van der Waals surface area contributed by atoms with Gasteiger partial charge in [0.15, 0.2) is 23.6 Å². The number of amides is 1. The summed E-state index contributed by atoms with van der Waals surface area (Å²) in [6.45, 7) is 0.484. The first-order valence-corrected chi connectivity index (χ1v) is 14.3. The van der Waals surface area contributed by atoms with Gasteiger partial charge in [-0.2, -0.15) is 9.97 Å². The molecule has 5 rings (SSSR count). The molecular formula is C28H27Cl3N6O6. The number of halogens is 3. The predicted molar refractivity (Wildman–Crippen MR) is 158 cm³/mol. The van der Waals surface area contributed by atoms with E-state index in [1.165, 1.54) is 6.33 Å². The van der Waals surface area contributed by atoms with Gasteiger partial charge in [-0.25, -0.2) is 10.0 Å². The molecule has 2 aromatic carbocycles. The van der Waals surface area contributed by atoms with E-state index in [2.05, 4.69) is 25.0 Å². The van der Waals surface area contributed by atoms with E-state index in [9.17, 15) is 25.0 Å². The maximum Gasteiger partial charge on any atom is 0.303 e. The van der Waals surface area contributed by atoms with Crippen LogP contribution >= 0.6 is 34.8 Å². The summed E-state index contributed by atoms with van der Waals surface area (Å²) in [5.41, 5.74) is 0.196. The highest BCUT2D eigenvalue weighted by Crippen LogP contribution is 2.37. The molecule has 1 fully saturated rings. The molecule has 1 saturated carbocycles. The van der Waals surface area contributed by atoms with E-state index in [-0.39, 0.29) is 30.5 Å². The Morgan fingerprint density at radius 1 is 1.05 bits per heavy atom. The highest BCUT2D eigenvalue weighted by molar-refractivity contribution is 6.31. The molecule has 1 aliphatic carbocycles. The van der Waals surface area contributed by atoms with Crippen molar-refractivity contribution in [2.75, 3.05) is 18.5 Å². The summed E-state index contributed by atoms with van der Waals surface area (Å²) in [4.78, 5) is 36.3. The molecule has 1 amide bonds. The fraction of sp³-hybridized carbons (Fsp3) is 0.321. The van der Waals surface area contributed by atoms with Crippen LogP contribution in [-0.4, -0.2) is 77.2 Å². The number of aliphatic hydroxyl groups is 2. The molecule has 0 aliphatic heterocycles. The molecule has 2 aromatic heterocycles. The number of aliphatic hydroxyl groups excluding tert-OH is 1. The Balaban J connectivity index is 1.41. The highest BCUT2D eigenvalue weighted by atomic mass is 35.5. The summed E-state index contributed by atoms with van der Waals surface area (Å²) in [6, 6.07) is 12.2.